The number of thiophene rings is 1. The molecule has 1 fully saturated rings. The molecule has 6 nitrogen and oxygen atoms in total. The van der Waals surface area contributed by atoms with Crippen LogP contribution in [0, 0.1) is 22.9 Å². The summed E-state index contributed by atoms with van der Waals surface area (Å²) in [6.07, 6.45) is 0. The van der Waals surface area contributed by atoms with Crippen molar-refractivity contribution in [2.24, 2.45) is 0 Å². The highest BCUT2D eigenvalue weighted by Crippen LogP contribution is 2.30. The second kappa shape index (κ2) is 6.56. The first-order valence-electron chi connectivity index (χ1n) is 7.50. The van der Waals surface area contributed by atoms with Crippen molar-refractivity contribution >= 4 is 28.6 Å². The van der Waals surface area contributed by atoms with Crippen LogP contribution in [0.15, 0.2) is 30.3 Å². The van der Waals surface area contributed by atoms with Gasteiger partial charge in [-0.15, -0.1) is 11.3 Å². The number of hydrogen-bond acceptors (Lipinski definition) is 5. The van der Waals surface area contributed by atoms with Gasteiger partial charge >= 0.3 is 0 Å². The Morgan fingerprint density at radius 2 is 1.92 bits per heavy atom. The Bertz CT molecular complexity index is 785. The van der Waals surface area contributed by atoms with E-state index in [0.717, 1.165) is 10.9 Å². The molecule has 0 radical (unpaired) electrons. The molecule has 0 spiro atoms. The molecule has 0 N–H and O–H groups in total. The number of halogens is 1. The molecular weight excluding hydrogens is 333 g/mol. The Hall–Kier alpha value is -2.48. The zero-order chi connectivity index (χ0) is 17.3. The summed E-state index contributed by atoms with van der Waals surface area (Å²) in [5, 5.41) is 11.1. The van der Waals surface area contributed by atoms with Crippen LogP contribution in [0.5, 0.6) is 0 Å². The van der Waals surface area contributed by atoms with E-state index in [4.69, 9.17) is 0 Å². The highest BCUT2D eigenvalue weighted by molar-refractivity contribution is 7.13. The number of hydrogen-bond donors (Lipinski definition) is 0. The zero-order valence-electron chi connectivity index (χ0n) is 13.1. The third-order valence-electron chi connectivity index (χ3n) is 3.99. The molecule has 0 unspecified atom stereocenters. The molecule has 2 aromatic rings. The smallest absolute Gasteiger partial charge is 0.292 e. The fraction of sp³-hybridized carbons (Fsp3) is 0.312. The predicted molar refractivity (Wildman–Crippen MR) is 90.2 cm³/mol. The molecule has 1 aromatic heterocycles. The number of aryl methyl sites for hydroxylation is 1. The number of nitrogens with zero attached hydrogens (tertiary/aromatic N) is 3. The summed E-state index contributed by atoms with van der Waals surface area (Å²) in [4.78, 5) is 28.3. The summed E-state index contributed by atoms with van der Waals surface area (Å²) in [5.41, 5.74) is 0.143. The van der Waals surface area contributed by atoms with Crippen molar-refractivity contribution in [3.8, 4) is 0 Å². The monoisotopic (exact) mass is 349 g/mol. The SMILES string of the molecule is Cc1ccc(C(=O)N2CCN(c3cc(F)ccc3[N+](=O)[O-])CC2)s1. The number of amides is 1. The van der Waals surface area contributed by atoms with Gasteiger partial charge in [0.15, 0.2) is 0 Å². The van der Waals surface area contributed by atoms with Crippen LogP contribution < -0.4 is 4.90 Å². The lowest BCUT2D eigenvalue weighted by atomic mass is 10.2. The first-order valence-corrected chi connectivity index (χ1v) is 8.32. The van der Waals surface area contributed by atoms with Crippen molar-refractivity contribution < 1.29 is 14.1 Å². The number of piperazine rings is 1. The summed E-state index contributed by atoms with van der Waals surface area (Å²) in [6, 6.07) is 7.16. The molecule has 0 bridgehead atoms. The van der Waals surface area contributed by atoms with Crippen LogP contribution in [0.2, 0.25) is 0 Å². The van der Waals surface area contributed by atoms with E-state index in [2.05, 4.69) is 0 Å². The highest BCUT2D eigenvalue weighted by Gasteiger charge is 2.27. The highest BCUT2D eigenvalue weighted by atomic mass is 32.1. The van der Waals surface area contributed by atoms with Crippen LogP contribution in [0.3, 0.4) is 0 Å². The van der Waals surface area contributed by atoms with E-state index in [9.17, 15) is 19.3 Å². The van der Waals surface area contributed by atoms with Gasteiger partial charge in [-0.3, -0.25) is 14.9 Å². The van der Waals surface area contributed by atoms with Crippen molar-refractivity contribution in [2.45, 2.75) is 6.92 Å². The third kappa shape index (κ3) is 3.23. The number of carbonyl (C=O) groups excluding carboxylic acids is 1. The molecule has 8 heteroatoms. The van der Waals surface area contributed by atoms with Gasteiger partial charge in [-0.1, -0.05) is 0 Å². The summed E-state index contributed by atoms with van der Waals surface area (Å²) in [7, 11) is 0. The van der Waals surface area contributed by atoms with Crippen molar-refractivity contribution in [3.63, 3.8) is 0 Å². The summed E-state index contributed by atoms with van der Waals surface area (Å²) >= 11 is 1.45. The molecule has 126 valence electrons. The minimum Gasteiger partial charge on any atom is -0.362 e. The van der Waals surface area contributed by atoms with Crippen molar-refractivity contribution in [3.05, 3.63) is 56.0 Å². The Labute approximate surface area is 142 Å². The van der Waals surface area contributed by atoms with Crippen LogP contribution >= 0.6 is 11.3 Å². The number of benzene rings is 1. The van der Waals surface area contributed by atoms with Gasteiger partial charge in [0, 0.05) is 43.2 Å². The second-order valence-corrected chi connectivity index (χ2v) is 6.87. The maximum atomic E-state index is 13.5. The molecular formula is C16H16FN3O3S. The van der Waals surface area contributed by atoms with Crippen LogP contribution in [-0.4, -0.2) is 41.9 Å². The summed E-state index contributed by atoms with van der Waals surface area (Å²) in [5.74, 6) is -0.537. The average molecular weight is 349 g/mol. The molecule has 1 amide bonds. The number of nitro groups is 1. The number of rotatable bonds is 3. The lowest BCUT2D eigenvalue weighted by molar-refractivity contribution is -0.384. The van der Waals surface area contributed by atoms with Gasteiger partial charge in [-0.05, 0) is 25.1 Å². The molecule has 1 aliphatic heterocycles. The fourth-order valence-electron chi connectivity index (χ4n) is 2.76. The molecule has 1 aromatic carbocycles. The molecule has 0 aliphatic carbocycles. The minimum atomic E-state index is -0.513. The fourth-order valence-corrected chi connectivity index (χ4v) is 3.60. The number of nitro benzene ring substituents is 1. The van der Waals surface area contributed by atoms with Crippen molar-refractivity contribution in [1.29, 1.82) is 0 Å². The minimum absolute atomic E-state index is 0.0264. The molecule has 3 rings (SSSR count). The van der Waals surface area contributed by atoms with Crippen LogP contribution in [-0.2, 0) is 0 Å². The predicted octanol–water partition coefficient (Wildman–Crippen LogP) is 3.07. The lowest BCUT2D eigenvalue weighted by Gasteiger charge is -2.35. The summed E-state index contributed by atoms with van der Waals surface area (Å²) < 4.78 is 13.5. The molecule has 1 saturated heterocycles. The first-order chi connectivity index (χ1) is 11.5. The van der Waals surface area contributed by atoms with Gasteiger partial charge in [-0.25, -0.2) is 4.39 Å². The average Bonchev–Trinajstić information content (AvgIpc) is 3.00. The Morgan fingerprint density at radius 1 is 1.21 bits per heavy atom. The van der Waals surface area contributed by atoms with Crippen LogP contribution in [0.1, 0.15) is 14.5 Å². The lowest BCUT2D eigenvalue weighted by Crippen LogP contribution is -2.48. The quantitative estimate of drug-likeness (QED) is 0.631. The maximum absolute atomic E-state index is 13.5. The standard InChI is InChI=1S/C16H16FN3O3S/c1-11-2-5-15(24-11)16(21)19-8-6-18(7-9-19)14-10-12(17)3-4-13(14)20(22)23/h2-5,10H,6-9H2,1H3. The van der Waals surface area contributed by atoms with Gasteiger partial charge in [0.05, 0.1) is 9.80 Å². The van der Waals surface area contributed by atoms with Crippen LogP contribution in [0.25, 0.3) is 0 Å². The normalized spacial score (nSPS) is 14.8. The molecule has 0 saturated carbocycles. The Balaban J connectivity index is 1.72. The van der Waals surface area contributed by atoms with Gasteiger partial charge < -0.3 is 9.80 Å². The molecule has 24 heavy (non-hydrogen) atoms. The van der Waals surface area contributed by atoms with E-state index in [-0.39, 0.29) is 17.3 Å². The van der Waals surface area contributed by atoms with E-state index in [0.29, 0.717) is 31.1 Å². The number of carbonyl (C=O) groups is 1. The molecule has 0 atom stereocenters. The zero-order valence-corrected chi connectivity index (χ0v) is 13.9. The van der Waals surface area contributed by atoms with E-state index in [1.165, 1.54) is 23.5 Å². The van der Waals surface area contributed by atoms with E-state index in [1.807, 2.05) is 19.1 Å². The summed E-state index contributed by atoms with van der Waals surface area (Å²) in [6.45, 7) is 3.70. The van der Waals surface area contributed by atoms with Crippen molar-refractivity contribution in [2.75, 3.05) is 31.1 Å². The van der Waals surface area contributed by atoms with Gasteiger partial charge in [-0.2, -0.15) is 0 Å². The first kappa shape index (κ1) is 16.4. The third-order valence-corrected chi connectivity index (χ3v) is 4.98. The topological polar surface area (TPSA) is 66.7 Å². The van der Waals surface area contributed by atoms with Gasteiger partial charge in [0.2, 0.25) is 0 Å². The Morgan fingerprint density at radius 3 is 2.50 bits per heavy atom. The van der Waals surface area contributed by atoms with Gasteiger partial charge in [0.25, 0.3) is 11.6 Å². The van der Waals surface area contributed by atoms with E-state index >= 15 is 0 Å². The maximum Gasteiger partial charge on any atom is 0.292 e. The Kier molecular flexibility index (Phi) is 4.48. The molecule has 2 heterocycles. The second-order valence-electron chi connectivity index (χ2n) is 5.58. The molecule has 1 aliphatic rings. The van der Waals surface area contributed by atoms with Crippen LogP contribution in [0.4, 0.5) is 15.8 Å². The van der Waals surface area contributed by atoms with Crippen molar-refractivity contribution in [1.82, 2.24) is 4.90 Å². The number of anilines is 1. The van der Waals surface area contributed by atoms with E-state index in [1.54, 1.807) is 9.80 Å². The van der Waals surface area contributed by atoms with E-state index < -0.39 is 10.7 Å². The largest absolute Gasteiger partial charge is 0.362 e. The van der Waals surface area contributed by atoms with Gasteiger partial charge in [0.1, 0.15) is 11.5 Å².